The van der Waals surface area contributed by atoms with Crippen LogP contribution in [0, 0.1) is 0 Å². The molecular weight excluding hydrogens is 354 g/mol. The fourth-order valence-electron chi connectivity index (χ4n) is 2.93. The molecule has 1 amide bonds. The number of rotatable bonds is 4. The first kappa shape index (κ1) is 16.3. The molecule has 132 valence electrons. The van der Waals surface area contributed by atoms with E-state index in [2.05, 4.69) is 50.8 Å². The van der Waals surface area contributed by atoms with Crippen molar-refractivity contribution in [1.82, 2.24) is 30.0 Å². The zero-order valence-corrected chi connectivity index (χ0v) is 14.9. The first-order valence-corrected chi connectivity index (χ1v) is 8.94. The number of H-pyrrole nitrogens is 1. The molecule has 4 aromatic rings. The minimum Gasteiger partial charge on any atom is -0.288 e. The van der Waals surface area contributed by atoms with Crippen molar-refractivity contribution >= 4 is 38.4 Å². The van der Waals surface area contributed by atoms with E-state index in [1.165, 1.54) is 33.1 Å². The van der Waals surface area contributed by atoms with Crippen LogP contribution in [-0.2, 0) is 12.8 Å². The number of thiazole rings is 1. The molecule has 0 aliphatic heterocycles. The number of amides is 1. The van der Waals surface area contributed by atoms with E-state index >= 15 is 0 Å². The Morgan fingerprint density at radius 3 is 2.73 bits per heavy atom. The number of tetrazole rings is 1. The molecule has 0 saturated heterocycles. The standard InChI is InChI=1S/C16H15N7O2S/c1-3-8-5-11-12(6-9(8)4-2)26-16-17-7-10(14(25)23(11)16)13(24)18-15-19-21-22-20-15/h5-7H,3-4H2,1-2H3,(H2,18,19,20,21,22,24). The molecule has 0 unspecified atom stereocenters. The van der Waals surface area contributed by atoms with Gasteiger partial charge in [-0.05, 0) is 41.3 Å². The van der Waals surface area contributed by atoms with Crippen LogP contribution in [0.25, 0.3) is 15.2 Å². The Kier molecular flexibility index (Phi) is 3.96. The summed E-state index contributed by atoms with van der Waals surface area (Å²) in [6.07, 6.45) is 3.08. The predicted octanol–water partition coefficient (Wildman–Crippen LogP) is 1.80. The van der Waals surface area contributed by atoms with Crippen LogP contribution in [0.4, 0.5) is 5.95 Å². The average molecular weight is 369 g/mol. The number of nitrogens with zero attached hydrogens (tertiary/aromatic N) is 5. The Hall–Kier alpha value is -3.14. The van der Waals surface area contributed by atoms with Gasteiger partial charge in [-0.3, -0.25) is 19.3 Å². The van der Waals surface area contributed by atoms with E-state index in [0.717, 1.165) is 23.1 Å². The molecule has 0 spiro atoms. The van der Waals surface area contributed by atoms with Crippen LogP contribution >= 0.6 is 11.3 Å². The molecule has 10 heteroatoms. The van der Waals surface area contributed by atoms with Gasteiger partial charge in [0.05, 0.1) is 10.2 Å². The summed E-state index contributed by atoms with van der Waals surface area (Å²) in [5.41, 5.74) is 2.71. The van der Waals surface area contributed by atoms with Gasteiger partial charge < -0.3 is 0 Å². The topological polar surface area (TPSA) is 118 Å². The minimum atomic E-state index is -0.626. The largest absolute Gasteiger partial charge is 0.288 e. The van der Waals surface area contributed by atoms with Gasteiger partial charge in [0.25, 0.3) is 17.4 Å². The molecule has 26 heavy (non-hydrogen) atoms. The quantitative estimate of drug-likeness (QED) is 0.566. The van der Waals surface area contributed by atoms with Crippen molar-refractivity contribution in [3.8, 4) is 0 Å². The van der Waals surface area contributed by atoms with Crippen molar-refractivity contribution in [3.05, 3.63) is 45.4 Å². The van der Waals surface area contributed by atoms with Crippen LogP contribution in [0.15, 0.2) is 23.1 Å². The Morgan fingerprint density at radius 1 is 1.27 bits per heavy atom. The smallest absolute Gasteiger partial charge is 0.271 e. The van der Waals surface area contributed by atoms with Gasteiger partial charge in [0, 0.05) is 6.20 Å². The van der Waals surface area contributed by atoms with E-state index in [0.29, 0.717) is 4.96 Å². The van der Waals surface area contributed by atoms with Gasteiger partial charge in [-0.15, -0.1) is 5.10 Å². The highest BCUT2D eigenvalue weighted by Crippen LogP contribution is 2.28. The van der Waals surface area contributed by atoms with E-state index in [9.17, 15) is 9.59 Å². The van der Waals surface area contributed by atoms with E-state index in [-0.39, 0.29) is 11.5 Å². The highest BCUT2D eigenvalue weighted by Gasteiger charge is 2.18. The maximum Gasteiger partial charge on any atom is 0.271 e. The second-order valence-corrected chi connectivity index (χ2v) is 6.69. The summed E-state index contributed by atoms with van der Waals surface area (Å²) in [5.74, 6) is -0.630. The van der Waals surface area contributed by atoms with E-state index in [1.54, 1.807) is 0 Å². The summed E-state index contributed by atoms with van der Waals surface area (Å²) in [5, 5.41) is 15.3. The van der Waals surface area contributed by atoms with Gasteiger partial charge in [0.2, 0.25) is 0 Å². The Labute approximate surface area is 151 Å². The summed E-state index contributed by atoms with van der Waals surface area (Å²) in [7, 11) is 0. The van der Waals surface area contributed by atoms with Gasteiger partial charge in [-0.1, -0.05) is 30.3 Å². The molecule has 2 N–H and O–H groups in total. The molecule has 0 aliphatic rings. The number of anilines is 1. The molecule has 0 saturated carbocycles. The van der Waals surface area contributed by atoms with Crippen molar-refractivity contribution in [2.75, 3.05) is 5.32 Å². The lowest BCUT2D eigenvalue weighted by molar-refractivity contribution is 0.102. The van der Waals surface area contributed by atoms with Gasteiger partial charge in [0.1, 0.15) is 5.56 Å². The molecule has 0 aliphatic carbocycles. The Balaban J connectivity index is 1.89. The molecule has 4 rings (SSSR count). The summed E-state index contributed by atoms with van der Waals surface area (Å²) < 4.78 is 2.46. The molecule has 0 fully saturated rings. The third-order valence-corrected chi connectivity index (χ3v) is 5.25. The second-order valence-electron chi connectivity index (χ2n) is 5.68. The van der Waals surface area contributed by atoms with Crippen LogP contribution in [0.3, 0.4) is 0 Å². The second kappa shape index (κ2) is 6.30. The first-order chi connectivity index (χ1) is 12.6. The van der Waals surface area contributed by atoms with Crippen molar-refractivity contribution in [2.45, 2.75) is 26.7 Å². The Bertz CT molecular complexity index is 1180. The van der Waals surface area contributed by atoms with Crippen LogP contribution < -0.4 is 10.9 Å². The number of aromatic nitrogens is 6. The predicted molar refractivity (Wildman–Crippen MR) is 97.7 cm³/mol. The summed E-state index contributed by atoms with van der Waals surface area (Å²) >= 11 is 1.43. The lowest BCUT2D eigenvalue weighted by Crippen LogP contribution is -2.26. The van der Waals surface area contributed by atoms with E-state index < -0.39 is 11.5 Å². The van der Waals surface area contributed by atoms with Crippen LogP contribution in [0.1, 0.15) is 35.3 Å². The molecule has 0 radical (unpaired) electrons. The third kappa shape index (κ3) is 2.54. The first-order valence-electron chi connectivity index (χ1n) is 8.13. The number of nitrogens with one attached hydrogen (secondary N) is 2. The van der Waals surface area contributed by atoms with Gasteiger partial charge in [0.15, 0.2) is 4.96 Å². The molecule has 0 atom stereocenters. The maximum absolute atomic E-state index is 12.9. The number of aromatic amines is 1. The number of hydrogen-bond acceptors (Lipinski definition) is 7. The molecule has 3 aromatic heterocycles. The number of aryl methyl sites for hydroxylation is 2. The molecule has 0 bridgehead atoms. The highest BCUT2D eigenvalue weighted by molar-refractivity contribution is 7.23. The van der Waals surface area contributed by atoms with Gasteiger partial charge in [-0.25, -0.2) is 4.98 Å². The molecule has 1 aromatic carbocycles. The van der Waals surface area contributed by atoms with Crippen LogP contribution in [-0.4, -0.2) is 35.9 Å². The van der Waals surface area contributed by atoms with Gasteiger partial charge >= 0.3 is 0 Å². The third-order valence-electron chi connectivity index (χ3n) is 4.23. The van der Waals surface area contributed by atoms with Crippen molar-refractivity contribution < 1.29 is 4.79 Å². The number of carbonyl (C=O) groups is 1. The lowest BCUT2D eigenvalue weighted by atomic mass is 10.0. The van der Waals surface area contributed by atoms with E-state index in [4.69, 9.17) is 0 Å². The Morgan fingerprint density at radius 2 is 2.04 bits per heavy atom. The molecular formula is C16H15N7O2S. The molecule has 3 heterocycles. The SMILES string of the molecule is CCc1cc2sc3ncc(C(=O)Nc4nn[nH]n4)c(=O)n3c2cc1CC. The monoisotopic (exact) mass is 369 g/mol. The van der Waals surface area contributed by atoms with Crippen molar-refractivity contribution in [1.29, 1.82) is 0 Å². The summed E-state index contributed by atoms with van der Waals surface area (Å²) in [6, 6.07) is 4.12. The average Bonchev–Trinajstić information content (AvgIpc) is 3.27. The maximum atomic E-state index is 12.9. The van der Waals surface area contributed by atoms with Crippen molar-refractivity contribution in [3.63, 3.8) is 0 Å². The van der Waals surface area contributed by atoms with E-state index in [1.807, 2.05) is 6.07 Å². The molecule has 9 nitrogen and oxygen atoms in total. The van der Waals surface area contributed by atoms with Crippen LogP contribution in [0.5, 0.6) is 0 Å². The fraction of sp³-hybridized carbons (Fsp3) is 0.250. The minimum absolute atomic E-state index is 0.00414. The zero-order valence-electron chi connectivity index (χ0n) is 14.1. The number of carbonyl (C=O) groups excluding carboxylic acids is 1. The van der Waals surface area contributed by atoms with Gasteiger partial charge in [-0.2, -0.15) is 5.21 Å². The summed E-state index contributed by atoms with van der Waals surface area (Å²) in [4.78, 5) is 30.2. The lowest BCUT2D eigenvalue weighted by Gasteiger charge is -2.06. The number of fused-ring (bicyclic) bond motifs is 3. The fourth-order valence-corrected chi connectivity index (χ4v) is 3.96. The highest BCUT2D eigenvalue weighted by atomic mass is 32.1. The number of benzene rings is 1. The normalized spacial score (nSPS) is 11.3. The number of hydrogen-bond donors (Lipinski definition) is 2. The van der Waals surface area contributed by atoms with Crippen molar-refractivity contribution in [2.24, 2.45) is 0 Å². The zero-order chi connectivity index (χ0) is 18.3. The summed E-state index contributed by atoms with van der Waals surface area (Å²) in [6.45, 7) is 4.19. The van der Waals surface area contributed by atoms with Crippen LogP contribution in [0.2, 0.25) is 0 Å².